The molecule has 32 heavy (non-hydrogen) atoms. The topological polar surface area (TPSA) is 57.7 Å². The molecule has 0 unspecified atom stereocenters. The largest absolute Gasteiger partial charge is 0.340 e. The quantitative estimate of drug-likeness (QED) is 0.521. The summed E-state index contributed by atoms with van der Waals surface area (Å²) in [4.78, 5) is 14.8. The highest BCUT2D eigenvalue weighted by Crippen LogP contribution is 2.26. The maximum absolute atomic E-state index is 13.5. The first-order valence-corrected chi connectivity index (χ1v) is 12.0. The lowest BCUT2D eigenvalue weighted by Gasteiger charge is -2.27. The fraction of sp³-hybridized carbons (Fsp3) is 0.269. The van der Waals surface area contributed by atoms with E-state index >= 15 is 0 Å². The lowest BCUT2D eigenvalue weighted by molar-refractivity contribution is -0.128. The van der Waals surface area contributed by atoms with Gasteiger partial charge in [0.2, 0.25) is 5.91 Å². The average molecular weight is 451 g/mol. The Balaban J connectivity index is 1.93. The number of hydrogen-bond acceptors (Lipinski definition) is 3. The van der Waals surface area contributed by atoms with Crippen LogP contribution >= 0.6 is 0 Å². The molecule has 3 aromatic rings. The summed E-state index contributed by atoms with van der Waals surface area (Å²) in [6.07, 6.45) is 0. The molecule has 0 aliphatic heterocycles. The Hall–Kier alpha value is -3.12. The molecule has 3 rings (SSSR count). The standard InChI is InChI=1S/C26H30N2O3S/c1-19-6-11-23(12-7-19)17-27(5)26(29)18-28(24-13-10-21(3)22(4)16-24)32(30,31)25-14-8-20(2)9-15-25/h6-16H,17-18H2,1-5H3. The molecule has 0 aliphatic rings. The predicted molar refractivity (Wildman–Crippen MR) is 129 cm³/mol. The van der Waals surface area contributed by atoms with Gasteiger partial charge in [-0.2, -0.15) is 0 Å². The van der Waals surface area contributed by atoms with Crippen LogP contribution in [0, 0.1) is 27.7 Å². The molecule has 168 valence electrons. The van der Waals surface area contributed by atoms with Crippen molar-refractivity contribution < 1.29 is 13.2 Å². The molecule has 0 radical (unpaired) electrons. The molecule has 0 fully saturated rings. The van der Waals surface area contributed by atoms with Crippen LogP contribution in [-0.2, 0) is 21.4 Å². The SMILES string of the molecule is Cc1ccc(CN(C)C(=O)CN(c2ccc(C)c(C)c2)S(=O)(=O)c2ccc(C)cc2)cc1. The van der Waals surface area contributed by atoms with E-state index in [9.17, 15) is 13.2 Å². The summed E-state index contributed by atoms with van der Waals surface area (Å²) >= 11 is 0. The number of nitrogens with zero attached hydrogens (tertiary/aromatic N) is 2. The van der Waals surface area contributed by atoms with Crippen LogP contribution in [-0.4, -0.2) is 32.8 Å². The van der Waals surface area contributed by atoms with E-state index in [4.69, 9.17) is 0 Å². The minimum absolute atomic E-state index is 0.162. The first-order valence-electron chi connectivity index (χ1n) is 10.5. The fourth-order valence-electron chi connectivity index (χ4n) is 3.33. The van der Waals surface area contributed by atoms with E-state index in [1.165, 1.54) is 4.31 Å². The Morgan fingerprint density at radius 1 is 0.781 bits per heavy atom. The van der Waals surface area contributed by atoms with Gasteiger partial charge >= 0.3 is 0 Å². The zero-order valence-corrected chi connectivity index (χ0v) is 20.1. The Labute approximate surface area is 191 Å². The van der Waals surface area contributed by atoms with Crippen molar-refractivity contribution in [3.63, 3.8) is 0 Å². The van der Waals surface area contributed by atoms with Crippen molar-refractivity contribution in [2.24, 2.45) is 0 Å². The van der Waals surface area contributed by atoms with Gasteiger partial charge in [0.1, 0.15) is 6.54 Å². The van der Waals surface area contributed by atoms with Crippen LogP contribution in [0.4, 0.5) is 5.69 Å². The minimum atomic E-state index is -3.92. The van der Waals surface area contributed by atoms with Gasteiger partial charge in [0.25, 0.3) is 10.0 Å². The van der Waals surface area contributed by atoms with E-state index in [2.05, 4.69) is 0 Å². The third-order valence-electron chi connectivity index (χ3n) is 5.63. The van der Waals surface area contributed by atoms with Crippen LogP contribution in [0.25, 0.3) is 0 Å². The van der Waals surface area contributed by atoms with Crippen molar-refractivity contribution in [1.29, 1.82) is 0 Å². The van der Waals surface area contributed by atoms with Gasteiger partial charge in [0.15, 0.2) is 0 Å². The van der Waals surface area contributed by atoms with Gasteiger partial charge in [-0.1, -0.05) is 53.6 Å². The zero-order valence-electron chi connectivity index (χ0n) is 19.3. The summed E-state index contributed by atoms with van der Waals surface area (Å²) in [5.74, 6) is -0.278. The predicted octanol–water partition coefficient (Wildman–Crippen LogP) is 4.77. The van der Waals surface area contributed by atoms with E-state index < -0.39 is 10.0 Å². The van der Waals surface area contributed by atoms with Crippen LogP contribution in [0.5, 0.6) is 0 Å². The second-order valence-corrected chi connectivity index (χ2v) is 10.2. The second-order valence-electron chi connectivity index (χ2n) is 8.33. The highest BCUT2D eigenvalue weighted by molar-refractivity contribution is 7.92. The number of aryl methyl sites for hydroxylation is 4. The molecule has 5 nitrogen and oxygen atoms in total. The van der Waals surface area contributed by atoms with Gasteiger partial charge in [-0.25, -0.2) is 8.42 Å². The Morgan fingerprint density at radius 2 is 1.34 bits per heavy atom. The van der Waals surface area contributed by atoms with Crippen molar-refractivity contribution >= 4 is 21.6 Å². The molecule has 1 amide bonds. The molecule has 6 heteroatoms. The summed E-state index contributed by atoms with van der Waals surface area (Å²) in [5.41, 5.74) is 5.61. The van der Waals surface area contributed by atoms with Crippen molar-refractivity contribution in [3.8, 4) is 0 Å². The molecule has 0 spiro atoms. The van der Waals surface area contributed by atoms with Gasteiger partial charge in [0, 0.05) is 13.6 Å². The van der Waals surface area contributed by atoms with E-state index in [1.54, 1.807) is 42.3 Å². The fourth-order valence-corrected chi connectivity index (χ4v) is 4.74. The van der Waals surface area contributed by atoms with Gasteiger partial charge in [0.05, 0.1) is 10.6 Å². The summed E-state index contributed by atoms with van der Waals surface area (Å²) in [6, 6.07) is 20.1. The first-order chi connectivity index (χ1) is 15.1. The van der Waals surface area contributed by atoms with Gasteiger partial charge in [-0.05, 0) is 68.7 Å². The van der Waals surface area contributed by atoms with Gasteiger partial charge in [-0.3, -0.25) is 9.10 Å². The highest BCUT2D eigenvalue weighted by Gasteiger charge is 2.28. The van der Waals surface area contributed by atoms with Gasteiger partial charge in [-0.15, -0.1) is 0 Å². The van der Waals surface area contributed by atoms with E-state index in [0.29, 0.717) is 12.2 Å². The Bertz CT molecular complexity index is 1200. The average Bonchev–Trinajstić information content (AvgIpc) is 2.75. The monoisotopic (exact) mass is 450 g/mol. The Kier molecular flexibility index (Phi) is 7.04. The molecule has 0 atom stereocenters. The summed E-state index contributed by atoms with van der Waals surface area (Å²) < 4.78 is 28.3. The van der Waals surface area contributed by atoms with Crippen LogP contribution in [0.2, 0.25) is 0 Å². The lowest BCUT2D eigenvalue weighted by Crippen LogP contribution is -2.41. The number of benzene rings is 3. The smallest absolute Gasteiger partial charge is 0.264 e. The summed E-state index contributed by atoms with van der Waals surface area (Å²) in [5, 5.41) is 0. The summed E-state index contributed by atoms with van der Waals surface area (Å²) in [6.45, 7) is 7.95. The second kappa shape index (κ2) is 9.57. The molecule has 0 N–H and O–H groups in total. The molecule has 0 saturated carbocycles. The number of rotatable bonds is 7. The van der Waals surface area contributed by atoms with E-state index in [0.717, 1.165) is 27.8 Å². The van der Waals surface area contributed by atoms with E-state index in [1.807, 2.05) is 64.1 Å². The van der Waals surface area contributed by atoms with Crippen LogP contribution in [0.1, 0.15) is 27.8 Å². The maximum Gasteiger partial charge on any atom is 0.264 e. The van der Waals surface area contributed by atoms with Crippen LogP contribution < -0.4 is 4.31 Å². The van der Waals surface area contributed by atoms with Crippen LogP contribution in [0.15, 0.2) is 71.6 Å². The molecule has 3 aromatic carbocycles. The number of anilines is 1. The molecule has 0 aliphatic carbocycles. The normalized spacial score (nSPS) is 11.3. The lowest BCUT2D eigenvalue weighted by atomic mass is 10.1. The highest BCUT2D eigenvalue weighted by atomic mass is 32.2. The number of amides is 1. The number of likely N-dealkylation sites (N-methyl/N-ethyl adjacent to an activating group) is 1. The minimum Gasteiger partial charge on any atom is -0.340 e. The molecule has 0 bridgehead atoms. The van der Waals surface area contributed by atoms with E-state index in [-0.39, 0.29) is 17.3 Å². The molecule has 0 aromatic heterocycles. The molecule has 0 saturated heterocycles. The number of hydrogen-bond donors (Lipinski definition) is 0. The molecular formula is C26H30N2O3S. The molecular weight excluding hydrogens is 420 g/mol. The van der Waals surface area contributed by atoms with Crippen molar-refractivity contribution in [2.75, 3.05) is 17.9 Å². The summed E-state index contributed by atoms with van der Waals surface area (Å²) in [7, 11) is -2.23. The van der Waals surface area contributed by atoms with Crippen molar-refractivity contribution in [1.82, 2.24) is 4.90 Å². The van der Waals surface area contributed by atoms with Crippen molar-refractivity contribution in [3.05, 3.63) is 94.5 Å². The number of carbonyl (C=O) groups excluding carboxylic acids is 1. The van der Waals surface area contributed by atoms with Gasteiger partial charge < -0.3 is 4.90 Å². The third-order valence-corrected chi connectivity index (χ3v) is 7.42. The zero-order chi connectivity index (χ0) is 23.5. The van der Waals surface area contributed by atoms with Crippen LogP contribution in [0.3, 0.4) is 0 Å². The number of sulfonamides is 1. The Morgan fingerprint density at radius 3 is 1.91 bits per heavy atom. The van der Waals surface area contributed by atoms with Crippen molar-refractivity contribution in [2.45, 2.75) is 39.1 Å². The first kappa shape index (κ1) is 23.5. The molecule has 0 heterocycles. The maximum atomic E-state index is 13.5. The third kappa shape index (κ3) is 5.37. The number of carbonyl (C=O) groups is 1.